The molecule has 2 fully saturated rings. The van der Waals surface area contributed by atoms with Crippen LogP contribution in [0, 0.1) is 11.8 Å². The minimum atomic E-state index is -0.200. The topological polar surface area (TPSA) is 46.6 Å². The van der Waals surface area contributed by atoms with E-state index >= 15 is 0 Å². The van der Waals surface area contributed by atoms with Gasteiger partial charge < -0.3 is 4.74 Å². The van der Waals surface area contributed by atoms with Crippen molar-refractivity contribution >= 4 is 17.5 Å². The molecular formula is C21H21NO3. The van der Waals surface area contributed by atoms with Crippen molar-refractivity contribution in [1.29, 1.82) is 0 Å². The van der Waals surface area contributed by atoms with Crippen LogP contribution in [0.4, 0.5) is 5.69 Å². The average Bonchev–Trinajstić information content (AvgIpc) is 2.93. The Morgan fingerprint density at radius 2 is 1.56 bits per heavy atom. The van der Waals surface area contributed by atoms with E-state index < -0.39 is 0 Å². The lowest BCUT2D eigenvalue weighted by Gasteiger charge is -2.28. The van der Waals surface area contributed by atoms with Crippen molar-refractivity contribution in [3.05, 3.63) is 60.2 Å². The van der Waals surface area contributed by atoms with E-state index in [-0.39, 0.29) is 23.7 Å². The summed E-state index contributed by atoms with van der Waals surface area (Å²) in [5, 5.41) is 0. The van der Waals surface area contributed by atoms with Crippen molar-refractivity contribution in [1.82, 2.24) is 0 Å². The van der Waals surface area contributed by atoms with Gasteiger partial charge in [-0.15, -0.1) is 0 Å². The number of methoxy groups -OCH3 is 1. The van der Waals surface area contributed by atoms with E-state index in [1.54, 1.807) is 31.4 Å². The van der Waals surface area contributed by atoms with Crippen molar-refractivity contribution in [2.75, 3.05) is 12.0 Å². The molecule has 0 aromatic heterocycles. The van der Waals surface area contributed by atoms with Gasteiger partial charge >= 0.3 is 0 Å². The smallest absolute Gasteiger partial charge is 0.237 e. The molecule has 0 unspecified atom stereocenters. The second-order valence-corrected chi connectivity index (χ2v) is 6.84. The summed E-state index contributed by atoms with van der Waals surface area (Å²) in [4.78, 5) is 27.2. The quantitative estimate of drug-likeness (QED) is 0.802. The zero-order valence-corrected chi connectivity index (χ0v) is 14.2. The second-order valence-electron chi connectivity index (χ2n) is 6.84. The standard InChI is InChI=1S/C21H21NO3/c1-25-17-10-8-16(9-11-17)22-20(23)18-12-7-15(13-19(18)21(22)24)14-5-3-2-4-6-14/h2-6,8-11,15,18-19H,7,12-13H2,1H3/t15-,18+,19-/m0/s1. The number of fused-ring (bicyclic) bond motifs is 1. The number of amides is 2. The van der Waals surface area contributed by atoms with E-state index in [0.29, 0.717) is 17.4 Å². The number of carbonyl (C=O) groups is 2. The Labute approximate surface area is 147 Å². The van der Waals surface area contributed by atoms with Crippen LogP contribution in [0.2, 0.25) is 0 Å². The molecule has 1 aliphatic carbocycles. The first-order chi connectivity index (χ1) is 12.2. The fraction of sp³-hybridized carbons (Fsp3) is 0.333. The highest BCUT2D eigenvalue weighted by atomic mass is 16.5. The molecule has 1 aliphatic heterocycles. The molecule has 2 aromatic carbocycles. The predicted molar refractivity (Wildman–Crippen MR) is 95.5 cm³/mol. The number of benzene rings is 2. The van der Waals surface area contributed by atoms with Gasteiger partial charge in [0, 0.05) is 0 Å². The van der Waals surface area contributed by atoms with Gasteiger partial charge in [0.25, 0.3) is 0 Å². The molecule has 2 aliphatic rings. The normalized spacial score (nSPS) is 25.8. The fourth-order valence-corrected chi connectivity index (χ4v) is 4.19. The zero-order valence-electron chi connectivity index (χ0n) is 14.2. The maximum absolute atomic E-state index is 13.0. The third-order valence-electron chi connectivity index (χ3n) is 5.53. The van der Waals surface area contributed by atoms with Crippen molar-refractivity contribution in [3.8, 4) is 5.75 Å². The minimum Gasteiger partial charge on any atom is -0.497 e. The first-order valence-electron chi connectivity index (χ1n) is 8.76. The predicted octanol–water partition coefficient (Wildman–Crippen LogP) is 3.77. The third kappa shape index (κ3) is 2.72. The van der Waals surface area contributed by atoms with Crippen molar-refractivity contribution in [2.24, 2.45) is 11.8 Å². The summed E-state index contributed by atoms with van der Waals surface area (Å²) in [5.74, 6) is 0.593. The highest BCUT2D eigenvalue weighted by Crippen LogP contribution is 2.45. The molecule has 1 saturated heterocycles. The summed E-state index contributed by atoms with van der Waals surface area (Å²) in [6, 6.07) is 17.4. The van der Waals surface area contributed by atoms with Crippen molar-refractivity contribution in [2.45, 2.75) is 25.2 Å². The van der Waals surface area contributed by atoms with Gasteiger partial charge in [-0.3, -0.25) is 14.5 Å². The second kappa shape index (κ2) is 6.36. The highest BCUT2D eigenvalue weighted by Gasteiger charge is 2.50. The van der Waals surface area contributed by atoms with Gasteiger partial charge in [-0.1, -0.05) is 30.3 Å². The molecule has 0 spiro atoms. The number of ether oxygens (including phenoxy) is 1. The molecule has 1 heterocycles. The highest BCUT2D eigenvalue weighted by molar-refractivity contribution is 6.22. The van der Waals surface area contributed by atoms with Crippen LogP contribution >= 0.6 is 0 Å². The van der Waals surface area contributed by atoms with E-state index in [0.717, 1.165) is 19.3 Å². The van der Waals surface area contributed by atoms with Crippen molar-refractivity contribution < 1.29 is 14.3 Å². The summed E-state index contributed by atoms with van der Waals surface area (Å²) in [5.41, 5.74) is 1.91. The summed E-state index contributed by atoms with van der Waals surface area (Å²) in [6.07, 6.45) is 2.49. The Kier molecular flexibility index (Phi) is 4.04. The molecule has 0 N–H and O–H groups in total. The number of imide groups is 1. The molecular weight excluding hydrogens is 314 g/mol. The molecule has 128 valence electrons. The van der Waals surface area contributed by atoms with Gasteiger partial charge in [0.05, 0.1) is 24.6 Å². The van der Waals surface area contributed by atoms with E-state index in [2.05, 4.69) is 12.1 Å². The lowest BCUT2D eigenvalue weighted by atomic mass is 9.73. The minimum absolute atomic E-state index is 0.0494. The maximum Gasteiger partial charge on any atom is 0.237 e. The number of rotatable bonds is 3. The van der Waals surface area contributed by atoms with Crippen LogP contribution in [0.3, 0.4) is 0 Å². The number of hydrogen-bond donors (Lipinski definition) is 0. The largest absolute Gasteiger partial charge is 0.497 e. The SMILES string of the molecule is COc1ccc(N2C(=O)[C@H]3C[C@@H](c4ccccc4)CC[C@H]3C2=O)cc1. The molecule has 4 rings (SSSR count). The Morgan fingerprint density at radius 1 is 0.880 bits per heavy atom. The van der Waals surface area contributed by atoms with Crippen LogP contribution in [0.5, 0.6) is 5.75 Å². The van der Waals surface area contributed by atoms with E-state index in [1.807, 2.05) is 18.2 Å². The monoisotopic (exact) mass is 335 g/mol. The van der Waals surface area contributed by atoms with Crippen LogP contribution in [0.15, 0.2) is 54.6 Å². The first-order valence-corrected chi connectivity index (χ1v) is 8.76. The third-order valence-corrected chi connectivity index (χ3v) is 5.53. The van der Waals surface area contributed by atoms with Gasteiger partial charge in [0.15, 0.2) is 0 Å². The molecule has 3 atom stereocenters. The fourth-order valence-electron chi connectivity index (χ4n) is 4.19. The van der Waals surface area contributed by atoms with E-state index in [1.165, 1.54) is 10.5 Å². The molecule has 2 aromatic rings. The van der Waals surface area contributed by atoms with Gasteiger partial charge in [-0.25, -0.2) is 0 Å². The van der Waals surface area contributed by atoms with E-state index in [9.17, 15) is 9.59 Å². The van der Waals surface area contributed by atoms with Gasteiger partial charge in [-0.2, -0.15) is 0 Å². The first kappa shape index (κ1) is 15.9. The number of hydrogen-bond acceptors (Lipinski definition) is 3. The van der Waals surface area contributed by atoms with Crippen LogP contribution in [-0.4, -0.2) is 18.9 Å². The molecule has 0 radical (unpaired) electrons. The molecule has 4 nitrogen and oxygen atoms in total. The zero-order chi connectivity index (χ0) is 17.4. The number of carbonyl (C=O) groups excluding carboxylic acids is 2. The summed E-state index contributed by atoms with van der Waals surface area (Å²) < 4.78 is 5.15. The van der Waals surface area contributed by atoms with Gasteiger partial charge in [-0.05, 0) is 55.0 Å². The van der Waals surface area contributed by atoms with Crippen LogP contribution < -0.4 is 9.64 Å². The summed E-state index contributed by atoms with van der Waals surface area (Å²) >= 11 is 0. The molecule has 0 bridgehead atoms. The Morgan fingerprint density at radius 3 is 2.24 bits per heavy atom. The lowest BCUT2D eigenvalue weighted by molar-refractivity contribution is -0.122. The molecule has 25 heavy (non-hydrogen) atoms. The summed E-state index contributed by atoms with van der Waals surface area (Å²) in [6.45, 7) is 0. The Bertz CT molecular complexity index is 785. The van der Waals surface area contributed by atoms with Crippen LogP contribution in [0.25, 0.3) is 0 Å². The molecule has 2 amide bonds. The number of nitrogens with zero attached hydrogens (tertiary/aromatic N) is 1. The van der Waals surface area contributed by atoms with Gasteiger partial charge in [0.1, 0.15) is 5.75 Å². The average molecular weight is 335 g/mol. The molecule has 4 heteroatoms. The molecule has 1 saturated carbocycles. The van der Waals surface area contributed by atoms with Crippen LogP contribution in [0.1, 0.15) is 30.7 Å². The number of anilines is 1. The Hall–Kier alpha value is -2.62. The van der Waals surface area contributed by atoms with Gasteiger partial charge in [0.2, 0.25) is 11.8 Å². The maximum atomic E-state index is 13.0. The summed E-state index contributed by atoms with van der Waals surface area (Å²) in [7, 11) is 1.60. The van der Waals surface area contributed by atoms with Crippen LogP contribution in [-0.2, 0) is 9.59 Å². The Balaban J connectivity index is 1.58. The van der Waals surface area contributed by atoms with Crippen molar-refractivity contribution in [3.63, 3.8) is 0 Å². The lowest BCUT2D eigenvalue weighted by Crippen LogP contribution is -2.30. The van der Waals surface area contributed by atoms with E-state index in [4.69, 9.17) is 4.74 Å².